The van der Waals surface area contributed by atoms with Crippen LogP contribution in [0.5, 0.6) is 0 Å². The molecule has 0 spiro atoms. The largest absolute Gasteiger partial charge is 0.388 e. The first-order valence-electron chi connectivity index (χ1n) is 3.38. The second kappa shape index (κ2) is 4.66. The molecule has 4 nitrogen and oxygen atoms in total. The lowest BCUT2D eigenvalue weighted by Crippen LogP contribution is -2.25. The summed E-state index contributed by atoms with van der Waals surface area (Å²) in [6.07, 6.45) is -1.37. The first kappa shape index (κ1) is 10.8. The molecule has 12 heavy (non-hydrogen) atoms. The highest BCUT2D eigenvalue weighted by atomic mass is 16.6. The molecule has 1 unspecified atom stereocenters. The molecule has 0 rings (SSSR count). The highest BCUT2D eigenvalue weighted by Gasteiger charge is 2.18. The Morgan fingerprint density at radius 2 is 2.08 bits per heavy atom. The average Bonchev–Trinajstić information content (AvgIpc) is 2.02. The van der Waals surface area contributed by atoms with Crippen LogP contribution in [0.3, 0.4) is 0 Å². The molecule has 0 aromatic carbocycles. The summed E-state index contributed by atoms with van der Waals surface area (Å²) in [6, 6.07) is 0. The van der Waals surface area contributed by atoms with E-state index in [2.05, 4.69) is 18.2 Å². The Balaban J connectivity index is 4.01. The number of esters is 2. The zero-order chi connectivity index (χ0) is 9.72. The van der Waals surface area contributed by atoms with E-state index in [1.807, 2.05) is 0 Å². The zero-order valence-electron chi connectivity index (χ0n) is 6.87. The van der Waals surface area contributed by atoms with Crippen molar-refractivity contribution in [3.05, 3.63) is 19.1 Å². The van der Waals surface area contributed by atoms with Gasteiger partial charge in [-0.3, -0.25) is 0 Å². The predicted octanol–water partition coefficient (Wildman–Crippen LogP) is 0.217. The normalized spacial score (nSPS) is 11.9. The molecule has 0 saturated carbocycles. The van der Waals surface area contributed by atoms with Crippen LogP contribution < -0.4 is 0 Å². The van der Waals surface area contributed by atoms with Crippen molar-refractivity contribution < 1.29 is 19.4 Å². The van der Waals surface area contributed by atoms with Crippen LogP contribution in [0, 0.1) is 6.92 Å². The summed E-state index contributed by atoms with van der Waals surface area (Å²) in [7, 11) is 0. The van der Waals surface area contributed by atoms with E-state index in [0.717, 1.165) is 0 Å². The van der Waals surface area contributed by atoms with Crippen LogP contribution in [0.2, 0.25) is 0 Å². The summed E-state index contributed by atoms with van der Waals surface area (Å²) in [5.41, 5.74) is 0.111. The highest BCUT2D eigenvalue weighted by Crippen LogP contribution is 1.98. The molecule has 0 amide bonds. The number of ether oxygens (including phenoxy) is 1. The van der Waals surface area contributed by atoms with E-state index >= 15 is 0 Å². The maximum absolute atomic E-state index is 10.7. The fraction of sp³-hybridized carbons (Fsp3) is 0.375. The summed E-state index contributed by atoms with van der Waals surface area (Å²) in [4.78, 5) is 21.4. The molecule has 0 aromatic rings. The second-order valence-corrected chi connectivity index (χ2v) is 2.29. The Morgan fingerprint density at radius 3 is 2.42 bits per heavy atom. The van der Waals surface area contributed by atoms with Gasteiger partial charge in [0.25, 0.3) is 0 Å². The van der Waals surface area contributed by atoms with Crippen LogP contribution in [0.15, 0.2) is 12.2 Å². The average molecular weight is 171 g/mol. The van der Waals surface area contributed by atoms with Crippen molar-refractivity contribution in [2.24, 2.45) is 0 Å². The second-order valence-electron chi connectivity index (χ2n) is 2.29. The fourth-order valence-corrected chi connectivity index (χ4v) is 0.364. The van der Waals surface area contributed by atoms with E-state index in [0.29, 0.717) is 0 Å². The van der Waals surface area contributed by atoms with Gasteiger partial charge < -0.3 is 9.84 Å². The van der Waals surface area contributed by atoms with Crippen LogP contribution in [-0.4, -0.2) is 23.1 Å². The van der Waals surface area contributed by atoms with Crippen molar-refractivity contribution in [2.45, 2.75) is 19.4 Å². The zero-order valence-corrected chi connectivity index (χ0v) is 6.87. The summed E-state index contributed by atoms with van der Waals surface area (Å²) in [5.74, 6) is -1.81. The predicted molar refractivity (Wildman–Crippen MR) is 41.9 cm³/mol. The Morgan fingerprint density at radius 1 is 1.58 bits per heavy atom. The molecule has 67 valence electrons. The number of aliphatic hydroxyl groups excluding tert-OH is 1. The van der Waals surface area contributed by atoms with Gasteiger partial charge in [-0.1, -0.05) is 13.5 Å². The molecule has 0 aliphatic rings. The molecule has 0 aliphatic carbocycles. The first-order chi connectivity index (χ1) is 5.49. The lowest BCUT2D eigenvalue weighted by molar-refractivity contribution is -0.163. The number of aliphatic hydroxyl groups is 1. The monoisotopic (exact) mass is 171 g/mol. The highest BCUT2D eigenvalue weighted by molar-refractivity contribution is 5.96. The maximum Gasteiger partial charge on any atom is 0.342 e. The maximum atomic E-state index is 10.7. The van der Waals surface area contributed by atoms with E-state index in [1.54, 1.807) is 0 Å². The summed E-state index contributed by atoms with van der Waals surface area (Å²) < 4.78 is 4.20. The molecule has 1 atom stereocenters. The number of carbonyl (C=O) groups excluding carboxylic acids is 2. The van der Waals surface area contributed by atoms with Crippen molar-refractivity contribution >= 4 is 11.9 Å². The molecule has 0 heterocycles. The third-order valence-electron chi connectivity index (χ3n) is 1.09. The first-order valence-corrected chi connectivity index (χ1v) is 3.38. The van der Waals surface area contributed by atoms with Gasteiger partial charge in [0.1, 0.15) is 0 Å². The van der Waals surface area contributed by atoms with Crippen LogP contribution in [-0.2, 0) is 14.3 Å². The van der Waals surface area contributed by atoms with Crippen molar-refractivity contribution in [1.82, 2.24) is 0 Å². The smallest absolute Gasteiger partial charge is 0.342 e. The Kier molecular flexibility index (Phi) is 4.21. The minimum Gasteiger partial charge on any atom is -0.388 e. The topological polar surface area (TPSA) is 63.6 Å². The van der Waals surface area contributed by atoms with Gasteiger partial charge in [-0.15, -0.1) is 0 Å². The Labute approximate surface area is 70.8 Å². The quantitative estimate of drug-likeness (QED) is 0.374. The van der Waals surface area contributed by atoms with Crippen LogP contribution >= 0.6 is 0 Å². The number of hydrogen-bond acceptors (Lipinski definition) is 4. The minimum absolute atomic E-state index is 0.0255. The fourth-order valence-electron chi connectivity index (χ4n) is 0.364. The van der Waals surface area contributed by atoms with E-state index in [4.69, 9.17) is 5.11 Å². The van der Waals surface area contributed by atoms with Crippen molar-refractivity contribution in [3.8, 4) is 0 Å². The van der Waals surface area contributed by atoms with E-state index in [9.17, 15) is 9.59 Å². The van der Waals surface area contributed by atoms with Crippen LogP contribution in [0.1, 0.15) is 13.3 Å². The molecular formula is C8H11O4. The minimum atomic E-state index is -1.34. The molecule has 1 radical (unpaired) electrons. The van der Waals surface area contributed by atoms with Gasteiger partial charge in [0, 0.05) is 5.57 Å². The molecular weight excluding hydrogens is 160 g/mol. The van der Waals surface area contributed by atoms with Crippen molar-refractivity contribution in [1.29, 1.82) is 0 Å². The van der Waals surface area contributed by atoms with Gasteiger partial charge in [-0.25, -0.2) is 9.59 Å². The van der Waals surface area contributed by atoms with Gasteiger partial charge in [0.15, 0.2) is 6.10 Å². The molecule has 0 bridgehead atoms. The molecule has 1 N–H and O–H groups in total. The lowest BCUT2D eigenvalue weighted by atomic mass is 10.3. The summed E-state index contributed by atoms with van der Waals surface area (Å²) >= 11 is 0. The Hall–Kier alpha value is -1.16. The summed E-state index contributed by atoms with van der Waals surface area (Å²) in [6.45, 7) is 7.95. The SMILES string of the molecule is [CH2]CC(O)C(=O)OC(=O)C(=C)C. The molecule has 0 fully saturated rings. The third kappa shape index (κ3) is 3.30. The van der Waals surface area contributed by atoms with Gasteiger partial charge in [0.05, 0.1) is 0 Å². The van der Waals surface area contributed by atoms with Crippen molar-refractivity contribution in [3.63, 3.8) is 0 Å². The number of hydrogen-bond donors (Lipinski definition) is 1. The van der Waals surface area contributed by atoms with Crippen molar-refractivity contribution in [2.75, 3.05) is 0 Å². The van der Waals surface area contributed by atoms with Crippen LogP contribution in [0.25, 0.3) is 0 Å². The molecule has 0 saturated heterocycles. The van der Waals surface area contributed by atoms with Crippen LogP contribution in [0.4, 0.5) is 0 Å². The molecule has 4 heteroatoms. The van der Waals surface area contributed by atoms with Gasteiger partial charge in [-0.2, -0.15) is 0 Å². The van der Waals surface area contributed by atoms with Gasteiger partial charge in [0.2, 0.25) is 0 Å². The third-order valence-corrected chi connectivity index (χ3v) is 1.09. The van der Waals surface area contributed by atoms with Gasteiger partial charge >= 0.3 is 11.9 Å². The standard InChI is InChI=1S/C8H11O4/c1-4-6(9)8(11)12-7(10)5(2)3/h6,9H,1-2,4H2,3H3. The van der Waals surface area contributed by atoms with E-state index in [-0.39, 0.29) is 12.0 Å². The van der Waals surface area contributed by atoms with E-state index < -0.39 is 18.0 Å². The molecule has 0 aliphatic heterocycles. The number of carbonyl (C=O) groups is 2. The number of rotatable bonds is 3. The van der Waals surface area contributed by atoms with Gasteiger partial charge in [-0.05, 0) is 13.3 Å². The summed E-state index contributed by atoms with van der Waals surface area (Å²) in [5, 5.41) is 8.84. The Bertz CT molecular complexity index is 207. The molecule has 0 aromatic heterocycles. The van der Waals surface area contributed by atoms with E-state index in [1.165, 1.54) is 6.92 Å². The lowest BCUT2D eigenvalue weighted by Gasteiger charge is -2.05.